The summed E-state index contributed by atoms with van der Waals surface area (Å²) in [7, 11) is -0.0538. The molecule has 0 spiro atoms. The highest BCUT2D eigenvalue weighted by molar-refractivity contribution is 6.87. The number of ether oxygens (including phenoxy) is 1. The number of carbonyl (C=O) groups excluding carboxylic acids is 1. The minimum Gasteiger partial charge on any atom is -0.465 e. The van der Waals surface area contributed by atoms with Gasteiger partial charge in [0.25, 0.3) is 0 Å². The largest absolute Gasteiger partial charge is 0.465 e. The lowest BCUT2D eigenvalue weighted by Gasteiger charge is -2.20. The predicted octanol–water partition coefficient (Wildman–Crippen LogP) is 4.18. The van der Waals surface area contributed by atoms with Crippen LogP contribution in [0.15, 0.2) is 18.2 Å². The molecule has 0 aromatic heterocycles. The van der Waals surface area contributed by atoms with Crippen molar-refractivity contribution in [1.29, 1.82) is 0 Å². The summed E-state index contributed by atoms with van der Waals surface area (Å²) in [4.78, 5) is 11.6. The number of rotatable bonds is 4. The fraction of sp³-hybridized carbons (Fsp3) is 0.471. The zero-order valence-electron chi connectivity index (χ0n) is 13.2. The van der Waals surface area contributed by atoms with E-state index in [2.05, 4.69) is 32.2 Å². The van der Waals surface area contributed by atoms with E-state index in [9.17, 15) is 4.79 Å². The van der Waals surface area contributed by atoms with Crippen molar-refractivity contribution in [3.05, 3.63) is 34.9 Å². The molecule has 0 aliphatic carbocycles. The van der Waals surface area contributed by atoms with E-state index in [0.29, 0.717) is 5.56 Å². The third-order valence-corrected chi connectivity index (χ3v) is 8.87. The molecular weight excluding hydrogens is 264 g/mol. The standard InChI is InChI=1S/C17H24O2Si/c1-6-20(7-2,8-3)12-11-15-13-16(17(18)19-5)10-9-14(15)4/h9-10,13H,6-8H2,1-5H3. The molecule has 0 amide bonds. The molecule has 0 N–H and O–H groups in total. The normalized spacial score (nSPS) is 10.7. The summed E-state index contributed by atoms with van der Waals surface area (Å²) in [5.74, 6) is 3.02. The molecule has 0 aliphatic heterocycles. The highest BCUT2D eigenvalue weighted by atomic mass is 28.3. The van der Waals surface area contributed by atoms with Crippen LogP contribution in [-0.2, 0) is 4.74 Å². The fourth-order valence-electron chi connectivity index (χ4n) is 2.22. The Morgan fingerprint density at radius 3 is 2.30 bits per heavy atom. The van der Waals surface area contributed by atoms with E-state index in [-0.39, 0.29) is 5.97 Å². The van der Waals surface area contributed by atoms with Crippen LogP contribution >= 0.6 is 0 Å². The van der Waals surface area contributed by atoms with Crippen molar-refractivity contribution < 1.29 is 9.53 Å². The Kier molecular flexibility index (Phi) is 6.03. The number of hydrogen-bond acceptors (Lipinski definition) is 2. The van der Waals surface area contributed by atoms with Crippen LogP contribution in [0.1, 0.15) is 42.3 Å². The monoisotopic (exact) mass is 288 g/mol. The number of carbonyl (C=O) groups is 1. The van der Waals surface area contributed by atoms with Gasteiger partial charge < -0.3 is 4.74 Å². The van der Waals surface area contributed by atoms with Crippen molar-refractivity contribution in [3.63, 3.8) is 0 Å². The molecule has 1 aromatic rings. The Labute approximate surface area is 123 Å². The zero-order valence-corrected chi connectivity index (χ0v) is 14.2. The molecule has 0 fully saturated rings. The first-order valence-corrected chi connectivity index (χ1v) is 9.86. The van der Waals surface area contributed by atoms with Crippen LogP contribution in [0.3, 0.4) is 0 Å². The summed E-state index contributed by atoms with van der Waals surface area (Å²) in [6.45, 7) is 8.75. The van der Waals surface area contributed by atoms with Gasteiger partial charge >= 0.3 is 5.97 Å². The fourth-order valence-corrected chi connectivity index (χ4v) is 4.65. The molecule has 0 heterocycles. The minimum absolute atomic E-state index is 0.307. The molecule has 3 heteroatoms. The van der Waals surface area contributed by atoms with Crippen LogP contribution in [0, 0.1) is 18.4 Å². The van der Waals surface area contributed by atoms with Gasteiger partial charge in [0.05, 0.1) is 12.7 Å². The van der Waals surface area contributed by atoms with Crippen LogP contribution < -0.4 is 0 Å². The van der Waals surface area contributed by atoms with E-state index in [1.807, 2.05) is 19.1 Å². The molecule has 0 atom stereocenters. The SMILES string of the molecule is CC[Si](C#Cc1cc(C(=O)OC)ccc1C)(CC)CC. The molecule has 0 unspecified atom stereocenters. The predicted molar refractivity (Wildman–Crippen MR) is 86.6 cm³/mol. The van der Waals surface area contributed by atoms with E-state index in [1.165, 1.54) is 25.2 Å². The van der Waals surface area contributed by atoms with Crippen LogP contribution in [-0.4, -0.2) is 21.2 Å². The lowest BCUT2D eigenvalue weighted by Crippen LogP contribution is -2.29. The Morgan fingerprint density at radius 2 is 1.80 bits per heavy atom. The third-order valence-electron chi connectivity index (χ3n) is 4.15. The molecule has 20 heavy (non-hydrogen) atoms. The van der Waals surface area contributed by atoms with Crippen LogP contribution in [0.4, 0.5) is 0 Å². The maximum Gasteiger partial charge on any atom is 0.337 e. The van der Waals surface area contributed by atoms with Crippen molar-refractivity contribution in [2.75, 3.05) is 7.11 Å². The maximum atomic E-state index is 11.6. The second-order valence-electron chi connectivity index (χ2n) is 5.11. The first kappa shape index (κ1) is 16.5. The first-order chi connectivity index (χ1) is 9.51. The summed E-state index contributed by atoms with van der Waals surface area (Å²) < 4.78 is 4.76. The average Bonchev–Trinajstić information content (AvgIpc) is 2.50. The second kappa shape index (κ2) is 7.30. The number of aryl methyl sites for hydroxylation is 1. The van der Waals surface area contributed by atoms with Gasteiger partial charge in [0, 0.05) is 5.56 Å². The van der Waals surface area contributed by atoms with Crippen molar-refractivity contribution >= 4 is 14.0 Å². The number of hydrogen-bond donors (Lipinski definition) is 0. The quantitative estimate of drug-likeness (QED) is 0.472. The van der Waals surface area contributed by atoms with E-state index in [0.717, 1.165) is 11.1 Å². The van der Waals surface area contributed by atoms with Crippen LogP contribution in [0.2, 0.25) is 18.1 Å². The van der Waals surface area contributed by atoms with Crippen molar-refractivity contribution in [2.24, 2.45) is 0 Å². The lowest BCUT2D eigenvalue weighted by atomic mass is 10.1. The summed E-state index contributed by atoms with van der Waals surface area (Å²) in [5, 5.41) is 0. The van der Waals surface area contributed by atoms with Gasteiger partial charge in [-0.1, -0.05) is 32.8 Å². The van der Waals surface area contributed by atoms with E-state index in [1.54, 1.807) is 6.07 Å². The average molecular weight is 288 g/mol. The molecule has 1 rings (SSSR count). The van der Waals surface area contributed by atoms with Crippen molar-refractivity contribution in [3.8, 4) is 11.5 Å². The van der Waals surface area contributed by atoms with Crippen molar-refractivity contribution in [2.45, 2.75) is 45.8 Å². The smallest absolute Gasteiger partial charge is 0.337 e. The van der Waals surface area contributed by atoms with Gasteiger partial charge in [0.1, 0.15) is 8.07 Å². The Bertz CT molecular complexity index is 525. The van der Waals surface area contributed by atoms with Gasteiger partial charge in [0.15, 0.2) is 0 Å². The van der Waals surface area contributed by atoms with E-state index >= 15 is 0 Å². The summed E-state index contributed by atoms with van der Waals surface area (Å²) in [6.07, 6.45) is 0. The minimum atomic E-state index is -1.45. The summed E-state index contributed by atoms with van der Waals surface area (Å²) >= 11 is 0. The third kappa shape index (κ3) is 3.74. The summed E-state index contributed by atoms with van der Waals surface area (Å²) in [5.41, 5.74) is 6.18. The highest BCUT2D eigenvalue weighted by Crippen LogP contribution is 2.19. The summed E-state index contributed by atoms with van der Waals surface area (Å²) in [6, 6.07) is 9.11. The lowest BCUT2D eigenvalue weighted by molar-refractivity contribution is 0.0600. The number of benzene rings is 1. The van der Waals surface area contributed by atoms with Gasteiger partial charge in [0.2, 0.25) is 0 Å². The Balaban J connectivity index is 3.18. The first-order valence-electron chi connectivity index (χ1n) is 7.24. The Hall–Kier alpha value is -1.53. The van der Waals surface area contributed by atoms with Gasteiger partial charge in [-0.3, -0.25) is 0 Å². The van der Waals surface area contributed by atoms with Crippen molar-refractivity contribution in [1.82, 2.24) is 0 Å². The second-order valence-corrected chi connectivity index (χ2v) is 10.0. The number of esters is 1. The van der Waals surface area contributed by atoms with Crippen LogP contribution in [0.5, 0.6) is 0 Å². The van der Waals surface area contributed by atoms with Crippen LogP contribution in [0.25, 0.3) is 0 Å². The van der Waals surface area contributed by atoms with Gasteiger partial charge in [-0.05, 0) is 42.8 Å². The van der Waals surface area contributed by atoms with Gasteiger partial charge in [-0.25, -0.2) is 4.79 Å². The Morgan fingerprint density at radius 1 is 1.20 bits per heavy atom. The zero-order chi connectivity index (χ0) is 15.2. The number of methoxy groups -OCH3 is 1. The molecular formula is C17H24O2Si. The van der Waals surface area contributed by atoms with E-state index < -0.39 is 8.07 Å². The van der Waals surface area contributed by atoms with Gasteiger partial charge in [-0.2, -0.15) is 0 Å². The molecule has 2 nitrogen and oxygen atoms in total. The maximum absolute atomic E-state index is 11.6. The molecule has 0 saturated carbocycles. The molecule has 0 radical (unpaired) electrons. The molecule has 0 aliphatic rings. The van der Waals surface area contributed by atoms with Gasteiger partial charge in [-0.15, -0.1) is 5.54 Å². The molecule has 0 bridgehead atoms. The molecule has 108 valence electrons. The van der Waals surface area contributed by atoms with E-state index in [4.69, 9.17) is 4.74 Å². The highest BCUT2D eigenvalue weighted by Gasteiger charge is 2.24. The topological polar surface area (TPSA) is 26.3 Å². The molecule has 1 aromatic carbocycles. The molecule has 0 saturated heterocycles.